The average molecular weight is 234 g/mol. The molecule has 0 bridgehead atoms. The van der Waals surface area contributed by atoms with E-state index in [4.69, 9.17) is 4.74 Å². The molecule has 0 saturated heterocycles. The fourth-order valence-electron chi connectivity index (χ4n) is 1.82. The second-order valence-electron chi connectivity index (χ2n) is 4.88. The number of carbonyl (C=O) groups excluding carboxylic acids is 1. The van der Waals surface area contributed by atoms with Crippen molar-refractivity contribution in [1.29, 1.82) is 0 Å². The largest absolute Gasteiger partial charge is 0.465 e. The Balaban J connectivity index is 2.61. The van der Waals surface area contributed by atoms with Crippen molar-refractivity contribution >= 4 is 5.97 Å². The normalized spacial score (nSPS) is 12.5. The van der Waals surface area contributed by atoms with Crippen molar-refractivity contribution in [2.75, 3.05) is 6.61 Å². The molecule has 0 aliphatic carbocycles. The van der Waals surface area contributed by atoms with Gasteiger partial charge >= 0.3 is 5.97 Å². The lowest BCUT2D eigenvalue weighted by Gasteiger charge is -2.18. The molecule has 17 heavy (non-hydrogen) atoms. The van der Waals surface area contributed by atoms with Gasteiger partial charge in [-0.25, -0.2) is 0 Å². The Morgan fingerprint density at radius 2 is 1.82 bits per heavy atom. The summed E-state index contributed by atoms with van der Waals surface area (Å²) in [6.45, 7) is 6.39. The van der Waals surface area contributed by atoms with E-state index in [0.29, 0.717) is 18.4 Å². The smallest absolute Gasteiger partial charge is 0.302 e. The van der Waals surface area contributed by atoms with Crippen LogP contribution in [0.2, 0.25) is 0 Å². The first kappa shape index (κ1) is 13.8. The van der Waals surface area contributed by atoms with Crippen molar-refractivity contribution in [3.8, 4) is 0 Å². The number of esters is 1. The molecule has 0 N–H and O–H groups in total. The van der Waals surface area contributed by atoms with Gasteiger partial charge in [0.05, 0.1) is 6.61 Å². The Morgan fingerprint density at radius 1 is 1.18 bits per heavy atom. The zero-order valence-corrected chi connectivity index (χ0v) is 11.0. The summed E-state index contributed by atoms with van der Waals surface area (Å²) in [4.78, 5) is 10.9. The Kier molecular flexibility index (Phi) is 5.75. The Bertz CT molecular complexity index is 330. The summed E-state index contributed by atoms with van der Waals surface area (Å²) < 4.78 is 5.15. The molecule has 0 fully saturated rings. The third kappa shape index (κ3) is 5.53. The summed E-state index contributed by atoms with van der Waals surface area (Å²) in [5, 5.41) is 0. The van der Waals surface area contributed by atoms with E-state index in [2.05, 4.69) is 26.0 Å². The number of carbonyl (C=O) groups is 1. The molecule has 0 amide bonds. The van der Waals surface area contributed by atoms with Crippen LogP contribution in [-0.4, -0.2) is 12.6 Å². The van der Waals surface area contributed by atoms with Crippen molar-refractivity contribution in [1.82, 2.24) is 0 Å². The van der Waals surface area contributed by atoms with E-state index in [1.807, 2.05) is 18.2 Å². The molecule has 0 spiro atoms. The maximum Gasteiger partial charge on any atom is 0.302 e. The standard InChI is InChI=1S/C15H22O2/c1-12(2)9-10-15(11-17-13(3)16)14-7-5-4-6-8-14/h4-8,12,15H,9-11H2,1-3H3. The summed E-state index contributed by atoms with van der Waals surface area (Å²) in [5.74, 6) is 0.802. The highest BCUT2D eigenvalue weighted by molar-refractivity contribution is 5.65. The number of hydrogen-bond acceptors (Lipinski definition) is 2. The van der Waals surface area contributed by atoms with Crippen molar-refractivity contribution in [3.63, 3.8) is 0 Å². The van der Waals surface area contributed by atoms with Gasteiger partial charge in [0.15, 0.2) is 0 Å². The van der Waals surface area contributed by atoms with Crippen LogP contribution < -0.4 is 0 Å². The van der Waals surface area contributed by atoms with Crippen LogP contribution in [0.15, 0.2) is 30.3 Å². The molecule has 2 heteroatoms. The second kappa shape index (κ2) is 7.10. The Morgan fingerprint density at radius 3 is 2.35 bits per heavy atom. The second-order valence-corrected chi connectivity index (χ2v) is 4.88. The summed E-state index contributed by atoms with van der Waals surface area (Å²) in [7, 11) is 0. The molecule has 94 valence electrons. The van der Waals surface area contributed by atoms with Gasteiger partial charge in [-0.1, -0.05) is 50.6 Å². The van der Waals surface area contributed by atoms with E-state index in [0.717, 1.165) is 12.8 Å². The highest BCUT2D eigenvalue weighted by Gasteiger charge is 2.13. The van der Waals surface area contributed by atoms with E-state index in [1.54, 1.807) is 0 Å². The Labute approximate surface area is 104 Å². The molecular weight excluding hydrogens is 212 g/mol. The van der Waals surface area contributed by atoms with E-state index < -0.39 is 0 Å². The lowest BCUT2D eigenvalue weighted by Crippen LogP contribution is -2.11. The molecule has 1 unspecified atom stereocenters. The molecule has 1 aromatic carbocycles. The summed E-state index contributed by atoms with van der Waals surface area (Å²) in [6.07, 6.45) is 2.22. The predicted octanol–water partition coefficient (Wildman–Crippen LogP) is 3.77. The fraction of sp³-hybridized carbons (Fsp3) is 0.533. The number of ether oxygens (including phenoxy) is 1. The average Bonchev–Trinajstić information content (AvgIpc) is 2.29. The summed E-state index contributed by atoms with van der Waals surface area (Å²) >= 11 is 0. The molecule has 0 aliphatic rings. The van der Waals surface area contributed by atoms with Gasteiger partial charge in [-0.15, -0.1) is 0 Å². The molecule has 2 nitrogen and oxygen atoms in total. The van der Waals surface area contributed by atoms with Gasteiger partial charge in [0, 0.05) is 12.8 Å². The highest BCUT2D eigenvalue weighted by atomic mass is 16.5. The van der Waals surface area contributed by atoms with Crippen LogP contribution in [0.1, 0.15) is 45.1 Å². The van der Waals surface area contributed by atoms with E-state index in [1.165, 1.54) is 12.5 Å². The summed E-state index contributed by atoms with van der Waals surface area (Å²) in [6, 6.07) is 10.3. The van der Waals surface area contributed by atoms with Crippen LogP contribution in [0.5, 0.6) is 0 Å². The van der Waals surface area contributed by atoms with Gasteiger partial charge < -0.3 is 4.74 Å². The third-order valence-corrected chi connectivity index (χ3v) is 2.85. The van der Waals surface area contributed by atoms with E-state index in [-0.39, 0.29) is 5.97 Å². The number of rotatable bonds is 6. The first-order chi connectivity index (χ1) is 8.09. The van der Waals surface area contributed by atoms with Gasteiger partial charge in [-0.05, 0) is 17.9 Å². The van der Waals surface area contributed by atoms with Crippen LogP contribution in [0, 0.1) is 5.92 Å². The van der Waals surface area contributed by atoms with Crippen molar-refractivity contribution in [2.24, 2.45) is 5.92 Å². The molecule has 0 saturated carbocycles. The fourth-order valence-corrected chi connectivity index (χ4v) is 1.82. The maximum atomic E-state index is 10.9. The zero-order chi connectivity index (χ0) is 12.7. The van der Waals surface area contributed by atoms with Crippen LogP contribution in [0.4, 0.5) is 0 Å². The zero-order valence-electron chi connectivity index (χ0n) is 11.0. The lowest BCUT2D eigenvalue weighted by molar-refractivity contribution is -0.141. The SMILES string of the molecule is CC(=O)OCC(CCC(C)C)c1ccccc1. The van der Waals surface area contributed by atoms with E-state index >= 15 is 0 Å². The van der Waals surface area contributed by atoms with Crippen LogP contribution in [0.3, 0.4) is 0 Å². The van der Waals surface area contributed by atoms with Crippen molar-refractivity contribution < 1.29 is 9.53 Å². The maximum absolute atomic E-state index is 10.9. The minimum atomic E-state index is -0.199. The van der Waals surface area contributed by atoms with Gasteiger partial charge in [0.25, 0.3) is 0 Å². The molecular formula is C15H22O2. The van der Waals surface area contributed by atoms with Gasteiger partial charge in [-0.3, -0.25) is 4.79 Å². The molecule has 1 rings (SSSR count). The third-order valence-electron chi connectivity index (χ3n) is 2.85. The monoisotopic (exact) mass is 234 g/mol. The molecule has 1 aromatic rings. The minimum absolute atomic E-state index is 0.199. The van der Waals surface area contributed by atoms with Crippen LogP contribution >= 0.6 is 0 Å². The Hall–Kier alpha value is -1.31. The molecule has 0 aromatic heterocycles. The van der Waals surface area contributed by atoms with Gasteiger partial charge in [0.2, 0.25) is 0 Å². The lowest BCUT2D eigenvalue weighted by atomic mass is 9.92. The predicted molar refractivity (Wildman–Crippen MR) is 69.9 cm³/mol. The molecule has 0 radical (unpaired) electrons. The van der Waals surface area contributed by atoms with Gasteiger partial charge in [0.1, 0.15) is 0 Å². The summed E-state index contributed by atoms with van der Waals surface area (Å²) in [5.41, 5.74) is 1.26. The minimum Gasteiger partial charge on any atom is -0.465 e. The van der Waals surface area contributed by atoms with Crippen LogP contribution in [0.25, 0.3) is 0 Å². The quantitative estimate of drug-likeness (QED) is 0.700. The molecule has 1 atom stereocenters. The van der Waals surface area contributed by atoms with E-state index in [9.17, 15) is 4.79 Å². The number of benzene rings is 1. The van der Waals surface area contributed by atoms with Gasteiger partial charge in [-0.2, -0.15) is 0 Å². The first-order valence-electron chi connectivity index (χ1n) is 6.28. The molecule has 0 aliphatic heterocycles. The highest BCUT2D eigenvalue weighted by Crippen LogP contribution is 2.23. The van der Waals surface area contributed by atoms with Crippen LogP contribution in [-0.2, 0) is 9.53 Å². The number of hydrogen-bond donors (Lipinski definition) is 0. The first-order valence-corrected chi connectivity index (χ1v) is 6.28. The topological polar surface area (TPSA) is 26.3 Å². The van der Waals surface area contributed by atoms with Crippen molar-refractivity contribution in [2.45, 2.75) is 39.5 Å². The molecule has 0 heterocycles. The van der Waals surface area contributed by atoms with Crippen molar-refractivity contribution in [3.05, 3.63) is 35.9 Å².